The summed E-state index contributed by atoms with van der Waals surface area (Å²) < 4.78 is 41.7. The van der Waals surface area contributed by atoms with Gasteiger partial charge in [-0.1, -0.05) is 19.3 Å². The van der Waals surface area contributed by atoms with Crippen LogP contribution >= 0.6 is 0 Å². The van der Waals surface area contributed by atoms with E-state index < -0.39 is 12.8 Å². The lowest BCUT2D eigenvalue weighted by Gasteiger charge is -2.22. The molecule has 5 nitrogen and oxygen atoms in total. The zero-order chi connectivity index (χ0) is 19.6. The Balaban J connectivity index is 1.56. The van der Waals surface area contributed by atoms with Gasteiger partial charge in [0.15, 0.2) is 0 Å². The highest BCUT2D eigenvalue weighted by atomic mass is 19.4. The standard InChI is InChI=1S/C20H27F3N4O/c21-20(22,23)12-28-13-24-17-10-15-16(11-18(17)27-8-4-5-9-27)26-19(25-15)14-6-2-1-3-7-14/h10-11,14,24H,1-9,12-13H2,(H,25,26). The number of alkyl halides is 3. The third-order valence-electron chi connectivity index (χ3n) is 5.69. The Labute approximate surface area is 162 Å². The van der Waals surface area contributed by atoms with Crippen LogP contribution in [0.4, 0.5) is 24.5 Å². The summed E-state index contributed by atoms with van der Waals surface area (Å²) in [6, 6.07) is 4.01. The topological polar surface area (TPSA) is 53.2 Å². The maximum Gasteiger partial charge on any atom is 0.411 e. The van der Waals surface area contributed by atoms with Crippen LogP contribution in [0.15, 0.2) is 12.1 Å². The molecule has 4 rings (SSSR count). The second-order valence-corrected chi connectivity index (χ2v) is 7.82. The summed E-state index contributed by atoms with van der Waals surface area (Å²) in [7, 11) is 0. The van der Waals surface area contributed by atoms with Gasteiger partial charge in [0.1, 0.15) is 19.2 Å². The van der Waals surface area contributed by atoms with E-state index in [1.54, 1.807) is 0 Å². The Hall–Kier alpha value is -1.96. The van der Waals surface area contributed by atoms with Crippen molar-refractivity contribution in [2.24, 2.45) is 0 Å². The predicted octanol–water partition coefficient (Wildman–Crippen LogP) is 5.16. The first-order valence-electron chi connectivity index (χ1n) is 10.2. The number of imidazole rings is 1. The largest absolute Gasteiger partial charge is 0.411 e. The summed E-state index contributed by atoms with van der Waals surface area (Å²) in [4.78, 5) is 10.6. The third kappa shape index (κ3) is 4.54. The van der Waals surface area contributed by atoms with Crippen LogP contribution in [0.2, 0.25) is 0 Å². The molecule has 0 atom stereocenters. The highest BCUT2D eigenvalue weighted by Crippen LogP contribution is 2.36. The smallest absolute Gasteiger partial charge is 0.370 e. The van der Waals surface area contributed by atoms with Crippen molar-refractivity contribution in [2.45, 2.75) is 57.0 Å². The summed E-state index contributed by atoms with van der Waals surface area (Å²) in [5.74, 6) is 1.51. The Morgan fingerprint density at radius 2 is 1.86 bits per heavy atom. The van der Waals surface area contributed by atoms with Gasteiger partial charge in [-0.3, -0.25) is 0 Å². The molecule has 1 saturated carbocycles. The van der Waals surface area contributed by atoms with Gasteiger partial charge in [0.2, 0.25) is 0 Å². The van der Waals surface area contributed by atoms with Crippen molar-refractivity contribution in [2.75, 3.05) is 36.6 Å². The molecule has 0 radical (unpaired) electrons. The summed E-state index contributed by atoms with van der Waals surface area (Å²) in [5, 5.41) is 3.03. The van der Waals surface area contributed by atoms with Crippen LogP contribution in [0.5, 0.6) is 0 Å². The van der Waals surface area contributed by atoms with E-state index in [4.69, 9.17) is 9.72 Å². The highest BCUT2D eigenvalue weighted by molar-refractivity contribution is 5.88. The van der Waals surface area contributed by atoms with Crippen LogP contribution < -0.4 is 10.2 Å². The second kappa shape index (κ2) is 8.19. The fourth-order valence-electron chi connectivity index (χ4n) is 4.29. The number of nitrogens with one attached hydrogen (secondary N) is 2. The minimum Gasteiger partial charge on any atom is -0.370 e. The molecule has 2 fully saturated rings. The molecule has 2 aromatic rings. The number of nitrogens with zero attached hydrogens (tertiary/aromatic N) is 2. The number of fused-ring (bicyclic) bond motifs is 1. The first kappa shape index (κ1) is 19.4. The van der Waals surface area contributed by atoms with E-state index in [-0.39, 0.29) is 6.73 Å². The fourth-order valence-corrected chi connectivity index (χ4v) is 4.29. The van der Waals surface area contributed by atoms with Gasteiger partial charge in [-0.05, 0) is 37.8 Å². The van der Waals surface area contributed by atoms with Crippen molar-refractivity contribution < 1.29 is 17.9 Å². The number of halogens is 3. The van der Waals surface area contributed by atoms with E-state index in [0.717, 1.165) is 67.0 Å². The average Bonchev–Trinajstić information content (AvgIpc) is 3.34. The highest BCUT2D eigenvalue weighted by Gasteiger charge is 2.27. The molecule has 0 bridgehead atoms. The Morgan fingerprint density at radius 3 is 2.57 bits per heavy atom. The first-order chi connectivity index (χ1) is 13.5. The number of aromatic nitrogens is 2. The maximum atomic E-state index is 12.3. The van der Waals surface area contributed by atoms with Gasteiger partial charge in [-0.2, -0.15) is 13.2 Å². The molecule has 2 N–H and O–H groups in total. The van der Waals surface area contributed by atoms with Crippen molar-refractivity contribution in [3.8, 4) is 0 Å². The van der Waals surface area contributed by atoms with Crippen LogP contribution in [0.1, 0.15) is 56.7 Å². The molecule has 1 aliphatic heterocycles. The number of rotatable bonds is 6. The molecule has 0 amide bonds. The number of hydrogen-bond donors (Lipinski definition) is 2. The molecule has 154 valence electrons. The van der Waals surface area contributed by atoms with Crippen molar-refractivity contribution in [1.29, 1.82) is 0 Å². The zero-order valence-electron chi connectivity index (χ0n) is 15.9. The van der Waals surface area contributed by atoms with Gasteiger partial charge in [0, 0.05) is 19.0 Å². The predicted molar refractivity (Wildman–Crippen MR) is 104 cm³/mol. The van der Waals surface area contributed by atoms with Gasteiger partial charge in [-0.15, -0.1) is 0 Å². The lowest BCUT2D eigenvalue weighted by Crippen LogP contribution is -2.22. The molecular formula is C20H27F3N4O. The Kier molecular flexibility index (Phi) is 5.66. The van der Waals surface area contributed by atoms with E-state index in [0.29, 0.717) is 5.92 Å². The minimum atomic E-state index is -4.32. The normalized spacial score (nSPS) is 18.9. The van der Waals surface area contributed by atoms with Crippen LogP contribution in [0.3, 0.4) is 0 Å². The van der Waals surface area contributed by atoms with Crippen molar-refractivity contribution >= 4 is 22.4 Å². The number of aromatic amines is 1. The fraction of sp³-hybridized carbons (Fsp3) is 0.650. The molecule has 0 unspecified atom stereocenters. The van der Waals surface area contributed by atoms with Gasteiger partial charge in [-0.25, -0.2) is 4.98 Å². The van der Waals surface area contributed by atoms with E-state index in [9.17, 15) is 13.2 Å². The lowest BCUT2D eigenvalue weighted by molar-refractivity contribution is -0.172. The van der Waals surface area contributed by atoms with E-state index in [2.05, 4.69) is 21.3 Å². The summed E-state index contributed by atoms with van der Waals surface area (Å²) >= 11 is 0. The van der Waals surface area contributed by atoms with Crippen LogP contribution in [-0.2, 0) is 4.74 Å². The maximum absolute atomic E-state index is 12.3. The number of anilines is 2. The molecule has 28 heavy (non-hydrogen) atoms. The molecule has 2 heterocycles. The molecule has 1 aliphatic carbocycles. The Morgan fingerprint density at radius 1 is 1.11 bits per heavy atom. The van der Waals surface area contributed by atoms with Crippen LogP contribution in [0.25, 0.3) is 11.0 Å². The van der Waals surface area contributed by atoms with E-state index in [1.165, 1.54) is 19.3 Å². The molecule has 2 aliphatic rings. The third-order valence-corrected chi connectivity index (χ3v) is 5.69. The van der Waals surface area contributed by atoms with E-state index >= 15 is 0 Å². The van der Waals surface area contributed by atoms with Gasteiger partial charge >= 0.3 is 6.18 Å². The van der Waals surface area contributed by atoms with Crippen LogP contribution in [-0.4, -0.2) is 42.6 Å². The van der Waals surface area contributed by atoms with Crippen molar-refractivity contribution in [3.63, 3.8) is 0 Å². The monoisotopic (exact) mass is 396 g/mol. The van der Waals surface area contributed by atoms with Crippen molar-refractivity contribution in [3.05, 3.63) is 18.0 Å². The molecule has 1 aromatic carbocycles. The van der Waals surface area contributed by atoms with Gasteiger partial charge in [0.05, 0.1) is 22.4 Å². The summed E-state index contributed by atoms with van der Waals surface area (Å²) in [6.07, 6.45) is 4.02. The number of H-pyrrole nitrogens is 1. The lowest BCUT2D eigenvalue weighted by atomic mass is 9.89. The van der Waals surface area contributed by atoms with Crippen molar-refractivity contribution in [1.82, 2.24) is 9.97 Å². The first-order valence-corrected chi connectivity index (χ1v) is 10.2. The summed E-state index contributed by atoms with van der Waals surface area (Å²) in [5.41, 5.74) is 3.61. The van der Waals surface area contributed by atoms with Gasteiger partial charge < -0.3 is 19.9 Å². The van der Waals surface area contributed by atoms with Crippen LogP contribution in [0, 0.1) is 0 Å². The molecule has 8 heteroatoms. The van der Waals surface area contributed by atoms with Gasteiger partial charge in [0.25, 0.3) is 0 Å². The number of hydrogen-bond acceptors (Lipinski definition) is 4. The molecule has 1 aromatic heterocycles. The SMILES string of the molecule is FC(F)(F)COCNc1cc2[nH]c(C3CCCCC3)nc2cc1N1CCCC1. The average molecular weight is 396 g/mol. The zero-order valence-corrected chi connectivity index (χ0v) is 15.9. The summed E-state index contributed by atoms with van der Waals surface area (Å²) in [6.45, 7) is 0.458. The second-order valence-electron chi connectivity index (χ2n) is 7.82. The van der Waals surface area contributed by atoms with E-state index in [1.807, 2.05) is 6.07 Å². The molecule has 1 saturated heterocycles. The molecular weight excluding hydrogens is 369 g/mol. The Bertz CT molecular complexity index is 793. The molecule has 0 spiro atoms. The number of ether oxygens (including phenoxy) is 1. The quantitative estimate of drug-likeness (QED) is 0.523. The number of benzene rings is 1. The minimum absolute atomic E-state index is 0.185.